The average molecular weight is 476 g/mol. The van der Waals surface area contributed by atoms with E-state index in [1.165, 1.54) is 0 Å². The van der Waals surface area contributed by atoms with Gasteiger partial charge in [0.1, 0.15) is 18.4 Å². The van der Waals surface area contributed by atoms with E-state index in [9.17, 15) is 13.2 Å². The Bertz CT molecular complexity index is 1290. The molecule has 1 N–H and O–H groups in total. The van der Waals surface area contributed by atoms with Crippen LogP contribution in [0.1, 0.15) is 22.7 Å². The lowest BCUT2D eigenvalue weighted by Crippen LogP contribution is -2.46. The number of sulfone groups is 1. The Balaban J connectivity index is 1.47. The van der Waals surface area contributed by atoms with E-state index in [1.54, 1.807) is 36.4 Å². The van der Waals surface area contributed by atoms with Crippen LogP contribution in [0.5, 0.6) is 5.75 Å². The highest BCUT2D eigenvalue weighted by molar-refractivity contribution is 7.91. The molecule has 1 fully saturated rings. The van der Waals surface area contributed by atoms with Crippen molar-refractivity contribution in [2.24, 2.45) is 0 Å². The summed E-state index contributed by atoms with van der Waals surface area (Å²) in [6, 6.07) is 25.2. The van der Waals surface area contributed by atoms with Gasteiger partial charge in [0.05, 0.1) is 23.1 Å². The summed E-state index contributed by atoms with van der Waals surface area (Å²) in [5, 5.41) is 12.0. The van der Waals surface area contributed by atoms with E-state index in [4.69, 9.17) is 10.00 Å². The highest BCUT2D eigenvalue weighted by Crippen LogP contribution is 2.26. The predicted octanol–water partition coefficient (Wildman–Crippen LogP) is 3.55. The van der Waals surface area contributed by atoms with Gasteiger partial charge in [0.15, 0.2) is 9.84 Å². The SMILES string of the molecule is N#Cc1cccc(COc2cccc(NC(=O)C(c3ccccc3)N3CCS(=O)(=O)CC3)c2)c1. The zero-order valence-electron chi connectivity index (χ0n) is 18.6. The Morgan fingerprint density at radius 2 is 1.74 bits per heavy atom. The quantitative estimate of drug-likeness (QED) is 0.561. The van der Waals surface area contributed by atoms with Crippen LogP contribution in [0.4, 0.5) is 5.69 Å². The average Bonchev–Trinajstić information content (AvgIpc) is 2.85. The van der Waals surface area contributed by atoms with Crippen LogP contribution in [-0.2, 0) is 21.2 Å². The molecule has 1 aliphatic rings. The molecule has 1 saturated heterocycles. The zero-order chi connectivity index (χ0) is 24.0. The van der Waals surface area contributed by atoms with Crippen molar-refractivity contribution in [3.8, 4) is 11.8 Å². The van der Waals surface area contributed by atoms with Gasteiger partial charge in [0, 0.05) is 24.8 Å². The van der Waals surface area contributed by atoms with Gasteiger partial charge < -0.3 is 10.1 Å². The first-order valence-corrected chi connectivity index (χ1v) is 12.8. The third-order valence-electron chi connectivity index (χ3n) is 5.67. The van der Waals surface area contributed by atoms with Gasteiger partial charge in [-0.3, -0.25) is 9.69 Å². The van der Waals surface area contributed by atoms with Crippen molar-refractivity contribution in [1.29, 1.82) is 5.26 Å². The van der Waals surface area contributed by atoms with E-state index in [0.717, 1.165) is 11.1 Å². The van der Waals surface area contributed by atoms with Crippen LogP contribution in [-0.4, -0.2) is 43.8 Å². The lowest BCUT2D eigenvalue weighted by Gasteiger charge is -2.33. The minimum atomic E-state index is -3.06. The van der Waals surface area contributed by atoms with E-state index in [1.807, 2.05) is 47.4 Å². The maximum atomic E-state index is 13.4. The van der Waals surface area contributed by atoms with Crippen molar-refractivity contribution in [2.45, 2.75) is 12.6 Å². The maximum Gasteiger partial charge on any atom is 0.246 e. The van der Waals surface area contributed by atoms with Gasteiger partial charge >= 0.3 is 0 Å². The second-order valence-electron chi connectivity index (χ2n) is 8.12. The first-order valence-electron chi connectivity index (χ1n) is 11.0. The number of benzene rings is 3. The Morgan fingerprint density at radius 3 is 2.47 bits per heavy atom. The highest BCUT2D eigenvalue weighted by atomic mass is 32.2. The summed E-state index contributed by atoms with van der Waals surface area (Å²) in [6.45, 7) is 0.905. The minimum absolute atomic E-state index is 0.0416. The van der Waals surface area contributed by atoms with Gasteiger partial charge in [-0.25, -0.2) is 8.42 Å². The molecule has 0 radical (unpaired) electrons. The van der Waals surface area contributed by atoms with Gasteiger partial charge in [-0.15, -0.1) is 0 Å². The molecule has 1 heterocycles. The molecule has 1 aliphatic heterocycles. The number of rotatable bonds is 7. The second-order valence-corrected chi connectivity index (χ2v) is 10.4. The van der Waals surface area contributed by atoms with Crippen LogP contribution in [0.15, 0.2) is 78.9 Å². The largest absolute Gasteiger partial charge is 0.489 e. The molecular formula is C26H25N3O4S. The molecule has 0 aromatic heterocycles. The van der Waals surface area contributed by atoms with Gasteiger partial charge in [-0.2, -0.15) is 5.26 Å². The molecule has 1 amide bonds. The highest BCUT2D eigenvalue weighted by Gasteiger charge is 2.32. The Hall–Kier alpha value is -3.67. The first-order chi connectivity index (χ1) is 16.4. The molecule has 3 aromatic rings. The summed E-state index contributed by atoms with van der Waals surface area (Å²) < 4.78 is 29.7. The summed E-state index contributed by atoms with van der Waals surface area (Å²) in [5.41, 5.74) is 2.83. The van der Waals surface area contributed by atoms with Crippen molar-refractivity contribution in [2.75, 3.05) is 29.9 Å². The maximum absolute atomic E-state index is 13.4. The third-order valence-corrected chi connectivity index (χ3v) is 7.28. The van der Waals surface area contributed by atoms with Gasteiger partial charge in [0.2, 0.25) is 5.91 Å². The van der Waals surface area contributed by atoms with Crippen LogP contribution in [0.2, 0.25) is 0 Å². The molecule has 0 saturated carbocycles. The molecule has 0 spiro atoms. The van der Waals surface area contributed by atoms with Crippen molar-refractivity contribution in [3.05, 3.63) is 95.6 Å². The fourth-order valence-corrected chi connectivity index (χ4v) is 5.15. The third kappa shape index (κ3) is 6.01. The Labute approximate surface area is 199 Å². The van der Waals surface area contributed by atoms with Crippen LogP contribution in [0.25, 0.3) is 0 Å². The topological polar surface area (TPSA) is 99.5 Å². The number of ether oxygens (including phenoxy) is 1. The Kier molecular flexibility index (Phi) is 7.26. The second kappa shape index (κ2) is 10.5. The molecule has 1 atom stereocenters. The summed E-state index contributed by atoms with van der Waals surface area (Å²) in [6.07, 6.45) is 0. The number of carbonyl (C=O) groups is 1. The number of nitrogens with zero attached hydrogens (tertiary/aromatic N) is 2. The number of nitrogens with one attached hydrogen (secondary N) is 1. The van der Waals surface area contributed by atoms with E-state index < -0.39 is 15.9 Å². The summed E-state index contributed by atoms with van der Waals surface area (Å²) in [4.78, 5) is 15.3. The molecular weight excluding hydrogens is 450 g/mol. The van der Waals surface area contributed by atoms with Crippen molar-refractivity contribution in [1.82, 2.24) is 4.90 Å². The molecule has 8 heteroatoms. The summed E-state index contributed by atoms with van der Waals surface area (Å²) >= 11 is 0. The monoisotopic (exact) mass is 475 g/mol. The number of anilines is 1. The van der Waals surface area contributed by atoms with Crippen molar-refractivity contribution >= 4 is 21.4 Å². The van der Waals surface area contributed by atoms with Crippen LogP contribution in [0, 0.1) is 11.3 Å². The van der Waals surface area contributed by atoms with Gasteiger partial charge in [0.25, 0.3) is 0 Å². The fraction of sp³-hybridized carbons (Fsp3) is 0.231. The Morgan fingerprint density at radius 1 is 1.00 bits per heavy atom. The smallest absolute Gasteiger partial charge is 0.246 e. The molecule has 7 nitrogen and oxygen atoms in total. The summed E-state index contributed by atoms with van der Waals surface area (Å²) in [7, 11) is -3.06. The molecule has 34 heavy (non-hydrogen) atoms. The molecule has 174 valence electrons. The van der Waals surface area contributed by atoms with E-state index in [2.05, 4.69) is 11.4 Å². The minimum Gasteiger partial charge on any atom is -0.489 e. The normalized spacial score (nSPS) is 16.2. The van der Waals surface area contributed by atoms with Crippen LogP contribution >= 0.6 is 0 Å². The number of nitriles is 1. The standard InChI is InChI=1S/C26H25N3O4S/c27-18-20-6-4-7-21(16-20)19-33-24-11-5-10-23(17-24)28-26(30)25(22-8-2-1-3-9-22)29-12-14-34(31,32)15-13-29/h1-11,16-17,25H,12-15,19H2,(H,28,30). The van der Waals surface area contributed by atoms with E-state index in [-0.39, 0.29) is 17.4 Å². The van der Waals surface area contributed by atoms with Crippen LogP contribution in [0.3, 0.4) is 0 Å². The number of amides is 1. The predicted molar refractivity (Wildman–Crippen MR) is 130 cm³/mol. The first kappa shape index (κ1) is 23.5. The van der Waals surface area contributed by atoms with Gasteiger partial charge in [-0.1, -0.05) is 48.5 Å². The molecule has 0 aliphatic carbocycles. The molecule has 1 unspecified atom stereocenters. The number of carbonyl (C=O) groups excluding carboxylic acids is 1. The van der Waals surface area contributed by atoms with Crippen LogP contribution < -0.4 is 10.1 Å². The zero-order valence-corrected chi connectivity index (χ0v) is 19.4. The molecule has 0 bridgehead atoms. The fourth-order valence-electron chi connectivity index (χ4n) is 3.92. The number of hydrogen-bond acceptors (Lipinski definition) is 6. The molecule has 3 aromatic carbocycles. The lowest BCUT2D eigenvalue weighted by molar-refractivity contribution is -0.121. The van der Waals surface area contributed by atoms with Crippen molar-refractivity contribution in [3.63, 3.8) is 0 Å². The molecule has 4 rings (SSSR count). The number of hydrogen-bond donors (Lipinski definition) is 1. The van der Waals surface area contributed by atoms with Crippen molar-refractivity contribution < 1.29 is 17.9 Å². The van der Waals surface area contributed by atoms with E-state index in [0.29, 0.717) is 36.7 Å². The summed E-state index contributed by atoms with van der Waals surface area (Å²) in [5.74, 6) is 0.435. The van der Waals surface area contributed by atoms with Gasteiger partial charge in [-0.05, 0) is 35.4 Å². The lowest BCUT2D eigenvalue weighted by atomic mass is 10.0. The van der Waals surface area contributed by atoms with E-state index >= 15 is 0 Å².